The number of aromatic nitrogens is 3. The Bertz CT molecular complexity index is 1160. The summed E-state index contributed by atoms with van der Waals surface area (Å²) in [5.74, 6) is -1.53. The largest absolute Gasteiger partial charge is 0.465 e. The minimum atomic E-state index is -4.55. The molecule has 11 heteroatoms. The molecule has 0 atom stereocenters. The minimum Gasteiger partial charge on any atom is -0.465 e. The highest BCUT2D eigenvalue weighted by Gasteiger charge is 2.31. The second-order valence-corrected chi connectivity index (χ2v) is 7.21. The van der Waals surface area contributed by atoms with E-state index < -0.39 is 23.7 Å². The summed E-state index contributed by atoms with van der Waals surface area (Å²) in [7, 11) is 1.23. The summed E-state index contributed by atoms with van der Waals surface area (Å²) in [5.41, 5.74) is -0.828. The molecular formula is C21H16F3N3O4S. The number of rotatable bonds is 6. The third kappa shape index (κ3) is 5.22. The van der Waals surface area contributed by atoms with Gasteiger partial charge in [-0.1, -0.05) is 36.0 Å². The molecule has 32 heavy (non-hydrogen) atoms. The Kier molecular flexibility index (Phi) is 7.08. The lowest BCUT2D eigenvalue weighted by atomic mass is 10.1. The molecule has 3 rings (SSSR count). The maximum absolute atomic E-state index is 13.1. The van der Waals surface area contributed by atoms with Crippen LogP contribution in [0.2, 0.25) is 0 Å². The second kappa shape index (κ2) is 9.77. The first kappa shape index (κ1) is 23.2. The third-order valence-corrected chi connectivity index (χ3v) is 5.12. The quantitative estimate of drug-likeness (QED) is 0.487. The number of carbonyl (C=O) groups is 2. The van der Waals surface area contributed by atoms with Gasteiger partial charge in [-0.15, -0.1) is 10.2 Å². The van der Waals surface area contributed by atoms with Gasteiger partial charge in [0.2, 0.25) is 5.69 Å². The van der Waals surface area contributed by atoms with Crippen LogP contribution in [0.5, 0.6) is 0 Å². The van der Waals surface area contributed by atoms with Crippen molar-refractivity contribution in [1.29, 1.82) is 0 Å². The molecule has 0 aliphatic carbocycles. The zero-order valence-corrected chi connectivity index (χ0v) is 17.7. The van der Waals surface area contributed by atoms with Crippen molar-refractivity contribution >= 4 is 23.7 Å². The van der Waals surface area contributed by atoms with Crippen LogP contribution in [0, 0.1) is 0 Å². The van der Waals surface area contributed by atoms with Gasteiger partial charge in [-0.2, -0.15) is 13.2 Å². The van der Waals surface area contributed by atoms with Gasteiger partial charge in [0.25, 0.3) is 0 Å². The van der Waals surface area contributed by atoms with Crippen molar-refractivity contribution < 1.29 is 32.2 Å². The van der Waals surface area contributed by atoms with Crippen LogP contribution in [-0.2, 0) is 15.7 Å². The molecule has 1 heterocycles. The van der Waals surface area contributed by atoms with E-state index in [0.29, 0.717) is 4.90 Å². The van der Waals surface area contributed by atoms with E-state index >= 15 is 0 Å². The number of benzene rings is 2. The first-order valence-corrected chi connectivity index (χ1v) is 10.0. The van der Waals surface area contributed by atoms with Crippen LogP contribution in [0.25, 0.3) is 11.4 Å². The molecule has 7 nitrogen and oxygen atoms in total. The van der Waals surface area contributed by atoms with Crippen LogP contribution in [0.3, 0.4) is 0 Å². The van der Waals surface area contributed by atoms with Crippen molar-refractivity contribution in [1.82, 2.24) is 15.2 Å². The number of alkyl halides is 3. The lowest BCUT2D eigenvalue weighted by Gasteiger charge is -2.11. The number of methoxy groups -OCH3 is 1. The SMILES string of the molecule is CCOC(=O)c1nnc(-c2cccc(C(F)(F)F)c2)nc1Sc1ccccc1C(=O)OC. The molecule has 0 aliphatic heterocycles. The Labute approximate surface area is 185 Å². The van der Waals surface area contributed by atoms with Gasteiger partial charge in [0, 0.05) is 10.5 Å². The van der Waals surface area contributed by atoms with E-state index in [2.05, 4.69) is 15.2 Å². The van der Waals surface area contributed by atoms with Gasteiger partial charge in [0.15, 0.2) is 5.82 Å². The zero-order chi connectivity index (χ0) is 23.3. The Morgan fingerprint density at radius 1 is 1.03 bits per heavy atom. The van der Waals surface area contributed by atoms with Gasteiger partial charge in [-0.3, -0.25) is 0 Å². The Morgan fingerprint density at radius 2 is 1.78 bits per heavy atom. The van der Waals surface area contributed by atoms with E-state index in [1.807, 2.05) is 0 Å². The predicted octanol–water partition coefficient (Wildman–Crippen LogP) is 4.67. The molecule has 1 aromatic heterocycles. The molecule has 0 fully saturated rings. The van der Waals surface area contributed by atoms with Crippen LogP contribution < -0.4 is 0 Å². The molecule has 0 spiro atoms. The maximum atomic E-state index is 13.1. The van der Waals surface area contributed by atoms with Gasteiger partial charge in [-0.05, 0) is 31.2 Å². The second-order valence-electron chi connectivity index (χ2n) is 6.18. The lowest BCUT2D eigenvalue weighted by molar-refractivity contribution is -0.137. The normalized spacial score (nSPS) is 11.2. The van der Waals surface area contributed by atoms with E-state index in [9.17, 15) is 22.8 Å². The van der Waals surface area contributed by atoms with E-state index in [1.165, 1.54) is 25.3 Å². The van der Waals surface area contributed by atoms with E-state index in [4.69, 9.17) is 9.47 Å². The van der Waals surface area contributed by atoms with Crippen molar-refractivity contribution in [2.75, 3.05) is 13.7 Å². The fourth-order valence-electron chi connectivity index (χ4n) is 2.61. The van der Waals surface area contributed by atoms with Crippen LogP contribution in [0.1, 0.15) is 33.3 Å². The van der Waals surface area contributed by atoms with Gasteiger partial charge in [0.05, 0.1) is 24.8 Å². The fraction of sp³-hybridized carbons (Fsp3) is 0.190. The van der Waals surface area contributed by atoms with Crippen LogP contribution in [0.4, 0.5) is 13.2 Å². The van der Waals surface area contributed by atoms with Crippen LogP contribution >= 0.6 is 11.8 Å². The molecule has 0 aliphatic rings. The van der Waals surface area contributed by atoms with Gasteiger partial charge in [0.1, 0.15) is 5.03 Å². The van der Waals surface area contributed by atoms with Gasteiger partial charge >= 0.3 is 18.1 Å². The van der Waals surface area contributed by atoms with Gasteiger partial charge in [-0.25, -0.2) is 14.6 Å². The molecule has 0 saturated heterocycles. The molecule has 0 N–H and O–H groups in total. The Morgan fingerprint density at radius 3 is 2.47 bits per heavy atom. The molecule has 2 aromatic carbocycles. The molecule has 0 unspecified atom stereocenters. The summed E-state index contributed by atoms with van der Waals surface area (Å²) < 4.78 is 49.0. The first-order chi connectivity index (χ1) is 15.2. The molecule has 0 amide bonds. The highest BCUT2D eigenvalue weighted by Crippen LogP contribution is 2.34. The highest BCUT2D eigenvalue weighted by atomic mass is 32.2. The summed E-state index contributed by atoms with van der Waals surface area (Å²) in [5, 5.41) is 7.68. The summed E-state index contributed by atoms with van der Waals surface area (Å²) in [4.78, 5) is 29.1. The van der Waals surface area contributed by atoms with E-state index in [0.717, 1.165) is 23.9 Å². The number of ether oxygens (including phenoxy) is 2. The van der Waals surface area contributed by atoms with Crippen molar-refractivity contribution in [3.05, 3.63) is 65.4 Å². The van der Waals surface area contributed by atoms with E-state index in [1.54, 1.807) is 25.1 Å². The molecular weight excluding hydrogens is 447 g/mol. The molecule has 0 radical (unpaired) electrons. The number of carbonyl (C=O) groups excluding carboxylic acids is 2. The standard InChI is InChI=1S/C21H16F3N3O4S/c1-3-31-20(29)16-18(32-15-10-5-4-9-14(15)19(28)30-2)25-17(27-26-16)12-7-6-8-13(11-12)21(22,23)24/h4-11H,3H2,1-2H3. The average molecular weight is 463 g/mol. The summed E-state index contributed by atoms with van der Waals surface area (Å²) in [6.07, 6.45) is -4.55. The Balaban J connectivity index is 2.10. The smallest absolute Gasteiger partial charge is 0.416 e. The fourth-order valence-corrected chi connectivity index (χ4v) is 3.57. The first-order valence-electron chi connectivity index (χ1n) is 9.19. The molecule has 166 valence electrons. The van der Waals surface area contributed by atoms with Crippen molar-refractivity contribution in [2.45, 2.75) is 23.0 Å². The maximum Gasteiger partial charge on any atom is 0.416 e. The number of halogens is 3. The summed E-state index contributed by atoms with van der Waals surface area (Å²) in [6.45, 7) is 1.67. The number of hydrogen-bond acceptors (Lipinski definition) is 8. The summed E-state index contributed by atoms with van der Waals surface area (Å²) in [6, 6.07) is 10.9. The van der Waals surface area contributed by atoms with Crippen LogP contribution in [0.15, 0.2) is 58.5 Å². The molecule has 0 bridgehead atoms. The third-order valence-electron chi connectivity index (χ3n) is 4.07. The Hall–Kier alpha value is -3.47. The van der Waals surface area contributed by atoms with Crippen molar-refractivity contribution in [2.24, 2.45) is 0 Å². The number of nitrogens with zero attached hydrogens (tertiary/aromatic N) is 3. The number of hydrogen-bond donors (Lipinski definition) is 0. The topological polar surface area (TPSA) is 91.3 Å². The highest BCUT2D eigenvalue weighted by molar-refractivity contribution is 7.99. The summed E-state index contributed by atoms with van der Waals surface area (Å²) >= 11 is 0.920. The van der Waals surface area contributed by atoms with Crippen LogP contribution in [-0.4, -0.2) is 40.8 Å². The molecule has 0 saturated carbocycles. The van der Waals surface area contributed by atoms with Crippen molar-refractivity contribution in [3.8, 4) is 11.4 Å². The van der Waals surface area contributed by atoms with Gasteiger partial charge < -0.3 is 9.47 Å². The zero-order valence-electron chi connectivity index (χ0n) is 16.8. The van der Waals surface area contributed by atoms with Crippen molar-refractivity contribution in [3.63, 3.8) is 0 Å². The monoisotopic (exact) mass is 463 g/mol. The molecule has 3 aromatic rings. The average Bonchev–Trinajstić information content (AvgIpc) is 2.78. The van der Waals surface area contributed by atoms with E-state index in [-0.39, 0.29) is 34.3 Å². The minimum absolute atomic E-state index is 0.0159. The predicted molar refractivity (Wildman–Crippen MR) is 108 cm³/mol. The lowest BCUT2D eigenvalue weighted by Crippen LogP contribution is -2.13. The number of esters is 2.